The van der Waals surface area contributed by atoms with E-state index in [1.807, 2.05) is 6.92 Å². The summed E-state index contributed by atoms with van der Waals surface area (Å²) in [5, 5.41) is 14.6. The molecule has 1 amide bonds. The number of amides is 1. The predicted octanol–water partition coefficient (Wildman–Crippen LogP) is 1.18. The van der Waals surface area contributed by atoms with Gasteiger partial charge in [0.15, 0.2) is 0 Å². The Balaban J connectivity index is 2.06. The van der Waals surface area contributed by atoms with Gasteiger partial charge >= 0.3 is 0 Å². The summed E-state index contributed by atoms with van der Waals surface area (Å²) in [4.78, 5) is 19.8. The lowest BCUT2D eigenvalue weighted by molar-refractivity contribution is 0.102. The van der Waals surface area contributed by atoms with Gasteiger partial charge in [-0.1, -0.05) is 18.3 Å². The van der Waals surface area contributed by atoms with Crippen LogP contribution in [0.15, 0.2) is 12.4 Å². The number of aryl methyl sites for hydroxylation is 1. The molecule has 0 aliphatic rings. The highest BCUT2D eigenvalue weighted by Crippen LogP contribution is 2.16. The van der Waals surface area contributed by atoms with Crippen molar-refractivity contribution in [1.82, 2.24) is 20.2 Å². The van der Waals surface area contributed by atoms with Gasteiger partial charge in [-0.25, -0.2) is 9.97 Å². The van der Waals surface area contributed by atoms with Crippen LogP contribution < -0.4 is 10.6 Å². The molecule has 0 spiro atoms. The van der Waals surface area contributed by atoms with Crippen molar-refractivity contribution in [3.05, 3.63) is 23.1 Å². The van der Waals surface area contributed by atoms with E-state index >= 15 is 0 Å². The highest BCUT2D eigenvalue weighted by atomic mass is 32.1. The Morgan fingerprint density at radius 2 is 2.17 bits per heavy atom. The molecule has 18 heavy (non-hydrogen) atoms. The number of nitrogens with zero attached hydrogens (tertiary/aromatic N) is 4. The van der Waals surface area contributed by atoms with Crippen molar-refractivity contribution in [1.29, 1.82) is 0 Å². The molecule has 0 radical (unpaired) electrons. The maximum Gasteiger partial charge on any atom is 0.277 e. The van der Waals surface area contributed by atoms with E-state index < -0.39 is 0 Å². The summed E-state index contributed by atoms with van der Waals surface area (Å²) >= 11 is 1.35. The Hall–Kier alpha value is -2.09. The highest BCUT2D eigenvalue weighted by Gasteiger charge is 2.11. The van der Waals surface area contributed by atoms with Gasteiger partial charge in [0.2, 0.25) is 5.13 Å². The number of aromatic nitrogens is 4. The molecule has 2 aromatic heterocycles. The summed E-state index contributed by atoms with van der Waals surface area (Å²) in [7, 11) is 1.73. The lowest BCUT2D eigenvalue weighted by Crippen LogP contribution is -2.14. The molecule has 2 rings (SSSR count). The number of carbonyl (C=O) groups excluding carboxylic acids is 1. The molecular weight excluding hydrogens is 252 g/mol. The molecule has 0 fully saturated rings. The van der Waals surface area contributed by atoms with Crippen LogP contribution in [0.1, 0.15) is 22.4 Å². The zero-order valence-electron chi connectivity index (χ0n) is 9.97. The molecule has 0 aromatic carbocycles. The molecule has 2 aromatic rings. The van der Waals surface area contributed by atoms with E-state index in [0.717, 1.165) is 11.4 Å². The first-order valence-electron chi connectivity index (χ1n) is 5.36. The van der Waals surface area contributed by atoms with E-state index in [9.17, 15) is 4.79 Å². The third kappa shape index (κ3) is 2.77. The minimum absolute atomic E-state index is 0.238. The van der Waals surface area contributed by atoms with Gasteiger partial charge < -0.3 is 5.32 Å². The van der Waals surface area contributed by atoms with Gasteiger partial charge in [0.05, 0.1) is 12.4 Å². The summed E-state index contributed by atoms with van der Waals surface area (Å²) in [6, 6.07) is 0. The van der Waals surface area contributed by atoms with Crippen molar-refractivity contribution in [2.75, 3.05) is 17.7 Å². The van der Waals surface area contributed by atoms with Gasteiger partial charge in [-0.05, 0) is 6.42 Å². The van der Waals surface area contributed by atoms with Crippen molar-refractivity contribution in [2.45, 2.75) is 13.3 Å². The molecule has 0 saturated carbocycles. The minimum Gasteiger partial charge on any atom is -0.372 e. The Morgan fingerprint density at radius 1 is 1.33 bits per heavy atom. The summed E-state index contributed by atoms with van der Waals surface area (Å²) < 4.78 is 0. The monoisotopic (exact) mass is 264 g/mol. The average molecular weight is 264 g/mol. The smallest absolute Gasteiger partial charge is 0.277 e. The molecule has 2 N–H and O–H groups in total. The van der Waals surface area contributed by atoms with E-state index in [4.69, 9.17) is 0 Å². The van der Waals surface area contributed by atoms with E-state index in [1.165, 1.54) is 23.7 Å². The maximum absolute atomic E-state index is 11.8. The van der Waals surface area contributed by atoms with E-state index in [0.29, 0.717) is 10.9 Å². The van der Waals surface area contributed by atoms with Gasteiger partial charge in [-0.15, -0.1) is 10.2 Å². The molecule has 0 aliphatic heterocycles. The van der Waals surface area contributed by atoms with Crippen LogP contribution in [0.5, 0.6) is 0 Å². The number of rotatable bonds is 4. The van der Waals surface area contributed by atoms with Crippen LogP contribution in [0.25, 0.3) is 0 Å². The fraction of sp³-hybridized carbons (Fsp3) is 0.300. The number of nitrogens with one attached hydrogen (secondary N) is 2. The van der Waals surface area contributed by atoms with Crippen molar-refractivity contribution in [2.24, 2.45) is 0 Å². The third-order valence-corrected chi connectivity index (χ3v) is 3.11. The van der Waals surface area contributed by atoms with Crippen LogP contribution in [0, 0.1) is 0 Å². The SMILES string of the molecule is CCc1nnc(NC(=O)c2cnc(NC)cn2)s1. The Morgan fingerprint density at radius 3 is 2.72 bits per heavy atom. The van der Waals surface area contributed by atoms with Gasteiger partial charge in [0.1, 0.15) is 16.5 Å². The van der Waals surface area contributed by atoms with E-state index in [2.05, 4.69) is 30.8 Å². The lowest BCUT2D eigenvalue weighted by atomic mass is 10.4. The first kappa shape index (κ1) is 12.4. The van der Waals surface area contributed by atoms with Gasteiger partial charge in [-0.2, -0.15) is 0 Å². The molecule has 8 heteroatoms. The molecule has 0 aliphatic carbocycles. The third-order valence-electron chi connectivity index (χ3n) is 2.13. The summed E-state index contributed by atoms with van der Waals surface area (Å²) in [6.45, 7) is 1.98. The molecule has 2 heterocycles. The second-order valence-electron chi connectivity index (χ2n) is 3.35. The number of anilines is 2. The first-order valence-corrected chi connectivity index (χ1v) is 6.18. The van der Waals surface area contributed by atoms with Crippen LogP contribution in [0.3, 0.4) is 0 Å². The normalized spacial score (nSPS) is 10.1. The Kier molecular flexibility index (Phi) is 3.78. The van der Waals surface area contributed by atoms with Crippen molar-refractivity contribution < 1.29 is 4.79 Å². The zero-order valence-corrected chi connectivity index (χ0v) is 10.8. The standard InChI is InChI=1S/C10H12N6OS/c1-3-8-15-16-10(18-8)14-9(17)6-4-13-7(11-2)5-12-6/h4-5H,3H2,1-2H3,(H,11,13)(H,14,16,17). The summed E-state index contributed by atoms with van der Waals surface area (Å²) in [5.41, 5.74) is 0.238. The fourth-order valence-electron chi connectivity index (χ4n) is 1.18. The van der Waals surface area contributed by atoms with E-state index in [1.54, 1.807) is 7.05 Å². The van der Waals surface area contributed by atoms with Crippen LogP contribution >= 0.6 is 11.3 Å². The molecule has 0 bridgehead atoms. The van der Waals surface area contributed by atoms with Crippen LogP contribution in [-0.2, 0) is 6.42 Å². The molecule has 0 saturated heterocycles. The predicted molar refractivity (Wildman–Crippen MR) is 68.8 cm³/mol. The summed E-state index contributed by atoms with van der Waals surface area (Å²) in [6.07, 6.45) is 3.69. The van der Waals surface area contributed by atoms with Crippen LogP contribution in [0.2, 0.25) is 0 Å². The number of hydrogen-bond acceptors (Lipinski definition) is 7. The Labute approximate surface area is 108 Å². The molecular formula is C10H12N6OS. The van der Waals surface area contributed by atoms with Crippen LogP contribution in [0.4, 0.5) is 10.9 Å². The average Bonchev–Trinajstić information content (AvgIpc) is 2.86. The molecule has 94 valence electrons. The first-order chi connectivity index (χ1) is 8.72. The quantitative estimate of drug-likeness (QED) is 0.861. The van der Waals surface area contributed by atoms with Crippen LogP contribution in [-0.4, -0.2) is 33.1 Å². The Bertz CT molecular complexity index is 538. The largest absolute Gasteiger partial charge is 0.372 e. The van der Waals surface area contributed by atoms with Crippen molar-refractivity contribution in [3.63, 3.8) is 0 Å². The van der Waals surface area contributed by atoms with Crippen molar-refractivity contribution in [3.8, 4) is 0 Å². The van der Waals surface area contributed by atoms with Gasteiger partial charge in [-0.3, -0.25) is 10.1 Å². The van der Waals surface area contributed by atoms with Gasteiger partial charge in [0, 0.05) is 7.05 Å². The molecule has 7 nitrogen and oxygen atoms in total. The highest BCUT2D eigenvalue weighted by molar-refractivity contribution is 7.15. The lowest BCUT2D eigenvalue weighted by Gasteiger charge is -2.01. The molecule has 0 unspecified atom stereocenters. The van der Waals surface area contributed by atoms with Gasteiger partial charge in [0.25, 0.3) is 5.91 Å². The second-order valence-corrected chi connectivity index (χ2v) is 4.41. The van der Waals surface area contributed by atoms with E-state index in [-0.39, 0.29) is 11.6 Å². The zero-order chi connectivity index (χ0) is 13.0. The number of hydrogen-bond donors (Lipinski definition) is 2. The molecule has 0 atom stereocenters. The number of carbonyl (C=O) groups is 1. The minimum atomic E-state index is -0.344. The van der Waals surface area contributed by atoms with Crippen molar-refractivity contribution >= 4 is 28.2 Å². The topological polar surface area (TPSA) is 92.7 Å². The fourth-order valence-corrected chi connectivity index (χ4v) is 1.86. The maximum atomic E-state index is 11.8. The second kappa shape index (κ2) is 5.50. The summed E-state index contributed by atoms with van der Waals surface area (Å²) in [5.74, 6) is 0.264.